The maximum Gasteiger partial charge on any atom is 0.273 e. The summed E-state index contributed by atoms with van der Waals surface area (Å²) in [5.41, 5.74) is 3.09. The Morgan fingerprint density at radius 3 is 2.57 bits per heavy atom. The minimum absolute atomic E-state index is 0.0407. The Balaban J connectivity index is 1.56. The van der Waals surface area contributed by atoms with E-state index >= 15 is 0 Å². The predicted octanol–water partition coefficient (Wildman–Crippen LogP) is 3.75. The van der Waals surface area contributed by atoms with E-state index in [9.17, 15) is 4.79 Å². The van der Waals surface area contributed by atoms with Crippen molar-refractivity contribution in [3.63, 3.8) is 0 Å². The quantitative estimate of drug-likeness (QED) is 0.861. The van der Waals surface area contributed by atoms with E-state index in [1.54, 1.807) is 0 Å². The lowest BCUT2D eigenvalue weighted by Crippen LogP contribution is -2.41. The van der Waals surface area contributed by atoms with E-state index in [0.29, 0.717) is 5.69 Å². The number of piperidine rings is 1. The normalized spacial score (nSPS) is 15.7. The molecule has 2 heterocycles. The molecule has 0 bridgehead atoms. The first-order chi connectivity index (χ1) is 11.0. The molecule has 1 aromatic heterocycles. The number of amides is 1. The highest BCUT2D eigenvalue weighted by Crippen LogP contribution is 2.22. The minimum atomic E-state index is 0.0407. The molecule has 1 fully saturated rings. The number of thiazole rings is 1. The number of aryl methyl sites for hydroxylation is 3. The van der Waals surface area contributed by atoms with Crippen LogP contribution in [0.1, 0.15) is 39.5 Å². The van der Waals surface area contributed by atoms with Crippen LogP contribution in [0.5, 0.6) is 5.75 Å². The molecule has 3 rings (SSSR count). The first-order valence-electron chi connectivity index (χ1n) is 7.98. The summed E-state index contributed by atoms with van der Waals surface area (Å²) >= 11 is 1.52. The Morgan fingerprint density at radius 1 is 1.22 bits per heavy atom. The van der Waals surface area contributed by atoms with Crippen molar-refractivity contribution in [3.05, 3.63) is 45.4 Å². The third kappa shape index (κ3) is 3.72. The van der Waals surface area contributed by atoms with Gasteiger partial charge in [0.1, 0.15) is 17.5 Å². The van der Waals surface area contributed by atoms with Crippen molar-refractivity contribution in [1.29, 1.82) is 0 Å². The largest absolute Gasteiger partial charge is 0.490 e. The topological polar surface area (TPSA) is 42.4 Å². The highest BCUT2D eigenvalue weighted by molar-refractivity contribution is 7.09. The van der Waals surface area contributed by atoms with Crippen molar-refractivity contribution in [3.8, 4) is 5.75 Å². The van der Waals surface area contributed by atoms with E-state index in [4.69, 9.17) is 4.74 Å². The summed E-state index contributed by atoms with van der Waals surface area (Å²) in [7, 11) is 0. The maximum absolute atomic E-state index is 12.4. The van der Waals surface area contributed by atoms with Gasteiger partial charge in [-0.25, -0.2) is 4.98 Å². The summed E-state index contributed by atoms with van der Waals surface area (Å²) in [6.07, 6.45) is 1.90. The van der Waals surface area contributed by atoms with Gasteiger partial charge in [0.05, 0.1) is 5.01 Å². The van der Waals surface area contributed by atoms with Gasteiger partial charge < -0.3 is 9.64 Å². The number of rotatable bonds is 3. The molecule has 0 radical (unpaired) electrons. The van der Waals surface area contributed by atoms with Gasteiger partial charge in [0.2, 0.25) is 0 Å². The van der Waals surface area contributed by atoms with Crippen molar-refractivity contribution in [2.24, 2.45) is 0 Å². The Labute approximate surface area is 141 Å². The van der Waals surface area contributed by atoms with Gasteiger partial charge >= 0.3 is 0 Å². The monoisotopic (exact) mass is 330 g/mol. The number of carbonyl (C=O) groups excluding carboxylic acids is 1. The van der Waals surface area contributed by atoms with Crippen molar-refractivity contribution in [1.82, 2.24) is 9.88 Å². The van der Waals surface area contributed by atoms with E-state index in [-0.39, 0.29) is 12.0 Å². The third-order valence-corrected chi connectivity index (χ3v) is 5.12. The zero-order chi connectivity index (χ0) is 16.4. The summed E-state index contributed by atoms with van der Waals surface area (Å²) in [6, 6.07) is 6.21. The lowest BCUT2D eigenvalue weighted by molar-refractivity contribution is 0.0590. The molecule has 1 amide bonds. The number of nitrogens with zero attached hydrogens (tertiary/aromatic N) is 2. The molecular formula is C18H22N2O2S. The predicted molar refractivity (Wildman–Crippen MR) is 92.3 cm³/mol. The Morgan fingerprint density at radius 2 is 1.96 bits per heavy atom. The summed E-state index contributed by atoms with van der Waals surface area (Å²) in [5, 5.41) is 2.77. The third-order valence-electron chi connectivity index (χ3n) is 4.35. The lowest BCUT2D eigenvalue weighted by Gasteiger charge is -2.32. The number of carbonyl (C=O) groups is 1. The molecule has 1 aliphatic heterocycles. The zero-order valence-electron chi connectivity index (χ0n) is 13.8. The number of benzene rings is 1. The minimum Gasteiger partial charge on any atom is -0.490 e. The Kier molecular flexibility index (Phi) is 4.66. The Bertz CT molecular complexity index is 703. The molecule has 1 saturated heterocycles. The van der Waals surface area contributed by atoms with Crippen LogP contribution in [0.2, 0.25) is 0 Å². The van der Waals surface area contributed by atoms with Gasteiger partial charge in [-0.05, 0) is 44.0 Å². The second kappa shape index (κ2) is 6.71. The summed E-state index contributed by atoms with van der Waals surface area (Å²) in [5.74, 6) is 0.965. The molecule has 0 atom stereocenters. The average Bonchev–Trinajstić information content (AvgIpc) is 2.97. The highest BCUT2D eigenvalue weighted by atomic mass is 32.1. The number of aromatic nitrogens is 1. The second-order valence-electron chi connectivity index (χ2n) is 6.11. The number of ether oxygens (including phenoxy) is 1. The first-order valence-corrected chi connectivity index (χ1v) is 8.86. The van der Waals surface area contributed by atoms with Gasteiger partial charge in [0.25, 0.3) is 5.91 Å². The van der Waals surface area contributed by atoms with E-state index < -0.39 is 0 Å². The molecule has 23 heavy (non-hydrogen) atoms. The molecule has 1 aromatic carbocycles. The fraction of sp³-hybridized carbons (Fsp3) is 0.444. The van der Waals surface area contributed by atoms with Crippen LogP contribution < -0.4 is 4.74 Å². The number of hydrogen-bond acceptors (Lipinski definition) is 4. The number of hydrogen-bond donors (Lipinski definition) is 0. The van der Waals surface area contributed by atoms with Gasteiger partial charge in [0, 0.05) is 31.3 Å². The molecule has 0 unspecified atom stereocenters. The van der Waals surface area contributed by atoms with Crippen molar-refractivity contribution in [2.45, 2.75) is 39.7 Å². The molecule has 0 N–H and O–H groups in total. The molecule has 0 spiro atoms. The fourth-order valence-electron chi connectivity index (χ4n) is 2.78. The summed E-state index contributed by atoms with van der Waals surface area (Å²) in [6.45, 7) is 7.57. The highest BCUT2D eigenvalue weighted by Gasteiger charge is 2.25. The lowest BCUT2D eigenvalue weighted by atomic mass is 10.1. The summed E-state index contributed by atoms with van der Waals surface area (Å²) in [4.78, 5) is 18.6. The van der Waals surface area contributed by atoms with E-state index in [1.165, 1.54) is 22.5 Å². The average molecular weight is 330 g/mol. The molecule has 4 nitrogen and oxygen atoms in total. The van der Waals surface area contributed by atoms with E-state index in [0.717, 1.165) is 36.7 Å². The van der Waals surface area contributed by atoms with E-state index in [2.05, 4.69) is 31.0 Å². The standard InChI is InChI=1S/C18H22N2O2S/c1-12-4-5-16(10-13(12)2)22-15-6-8-20(9-7-15)18(21)17-11-23-14(3)19-17/h4-5,10-11,15H,6-9H2,1-3H3. The molecular weight excluding hydrogens is 308 g/mol. The molecule has 1 aliphatic rings. The Hall–Kier alpha value is -1.88. The van der Waals surface area contributed by atoms with Gasteiger partial charge in [-0.2, -0.15) is 0 Å². The van der Waals surface area contributed by atoms with Crippen LogP contribution in [0.25, 0.3) is 0 Å². The van der Waals surface area contributed by atoms with Crippen LogP contribution in [0.3, 0.4) is 0 Å². The first kappa shape index (κ1) is 16.0. The maximum atomic E-state index is 12.4. The van der Waals surface area contributed by atoms with Crippen LogP contribution in [0.15, 0.2) is 23.6 Å². The number of likely N-dealkylation sites (tertiary alicyclic amines) is 1. The molecule has 5 heteroatoms. The zero-order valence-corrected chi connectivity index (χ0v) is 14.7. The van der Waals surface area contributed by atoms with Gasteiger partial charge in [-0.3, -0.25) is 4.79 Å². The molecule has 122 valence electrons. The van der Waals surface area contributed by atoms with Crippen molar-refractivity contribution < 1.29 is 9.53 Å². The van der Waals surface area contributed by atoms with Crippen LogP contribution in [-0.2, 0) is 0 Å². The van der Waals surface area contributed by atoms with Crippen molar-refractivity contribution >= 4 is 17.2 Å². The summed E-state index contributed by atoms with van der Waals surface area (Å²) < 4.78 is 6.08. The van der Waals surface area contributed by atoms with Crippen molar-refractivity contribution in [2.75, 3.05) is 13.1 Å². The van der Waals surface area contributed by atoms with Gasteiger partial charge in [0.15, 0.2) is 0 Å². The molecule has 0 aliphatic carbocycles. The SMILES string of the molecule is Cc1nc(C(=O)N2CCC(Oc3ccc(C)c(C)c3)CC2)cs1. The molecule has 2 aromatic rings. The smallest absolute Gasteiger partial charge is 0.273 e. The molecule has 0 saturated carbocycles. The van der Waals surface area contributed by atoms with Gasteiger partial charge in [-0.1, -0.05) is 6.07 Å². The van der Waals surface area contributed by atoms with Crippen LogP contribution in [0.4, 0.5) is 0 Å². The van der Waals surface area contributed by atoms with Crippen LogP contribution in [-0.4, -0.2) is 35.0 Å². The second-order valence-corrected chi connectivity index (χ2v) is 7.17. The van der Waals surface area contributed by atoms with Crippen LogP contribution >= 0.6 is 11.3 Å². The fourth-order valence-corrected chi connectivity index (χ4v) is 3.37. The van der Waals surface area contributed by atoms with Gasteiger partial charge in [-0.15, -0.1) is 11.3 Å². The van der Waals surface area contributed by atoms with E-state index in [1.807, 2.05) is 23.3 Å². The van der Waals surface area contributed by atoms with Crippen LogP contribution in [0, 0.1) is 20.8 Å².